The van der Waals surface area contributed by atoms with E-state index in [1.54, 1.807) is 18.2 Å². The number of carbonyl (C=O) groups is 2. The molecular weight excluding hydrogens is 320 g/mol. The summed E-state index contributed by atoms with van der Waals surface area (Å²) in [6.45, 7) is 3.68. The molecule has 4 N–H and O–H groups in total. The average molecular weight is 339 g/mol. The highest BCUT2D eigenvalue weighted by Gasteiger charge is 2.25. The number of amides is 2. The van der Waals surface area contributed by atoms with Gasteiger partial charge in [-0.1, -0.05) is 13.8 Å². The van der Waals surface area contributed by atoms with Crippen molar-refractivity contribution in [2.24, 2.45) is 5.92 Å². The summed E-state index contributed by atoms with van der Waals surface area (Å²) in [6.07, 6.45) is 2.86. The van der Waals surface area contributed by atoms with Gasteiger partial charge in [-0.25, -0.2) is 4.98 Å². The number of anilines is 2. The molecule has 0 spiro atoms. The van der Waals surface area contributed by atoms with Gasteiger partial charge in [0.05, 0.1) is 18.1 Å². The van der Waals surface area contributed by atoms with E-state index in [0.29, 0.717) is 11.5 Å². The van der Waals surface area contributed by atoms with E-state index < -0.39 is 11.9 Å². The van der Waals surface area contributed by atoms with E-state index in [1.807, 2.05) is 13.8 Å². The Labute approximate surface area is 140 Å². The molecule has 1 atom stereocenters. The second-order valence-electron chi connectivity index (χ2n) is 5.13. The molecule has 0 aliphatic rings. The zero-order chi connectivity index (χ0) is 16.1. The van der Waals surface area contributed by atoms with E-state index in [0.717, 1.165) is 0 Å². The van der Waals surface area contributed by atoms with E-state index in [1.165, 1.54) is 18.5 Å². The first-order valence-corrected chi connectivity index (χ1v) is 6.84. The van der Waals surface area contributed by atoms with Crippen molar-refractivity contribution in [2.75, 3.05) is 11.1 Å². The van der Waals surface area contributed by atoms with Crippen LogP contribution in [0, 0.1) is 5.92 Å². The lowest BCUT2D eigenvalue weighted by atomic mass is 10.0. The Bertz CT molecular complexity index is 641. The summed E-state index contributed by atoms with van der Waals surface area (Å²) in [4.78, 5) is 28.2. The van der Waals surface area contributed by atoms with Gasteiger partial charge in [0.25, 0.3) is 5.91 Å². The van der Waals surface area contributed by atoms with Gasteiger partial charge in [-0.05, 0) is 30.2 Å². The van der Waals surface area contributed by atoms with E-state index in [9.17, 15) is 9.59 Å². The number of nitrogens with two attached hydrogens (primary N) is 1. The summed E-state index contributed by atoms with van der Waals surface area (Å²) in [5.74, 6) is -0.339. The van der Waals surface area contributed by atoms with E-state index in [2.05, 4.69) is 15.6 Å². The highest BCUT2D eigenvalue weighted by molar-refractivity contribution is 6.00. The monoisotopic (exact) mass is 338 g/mol. The van der Waals surface area contributed by atoms with Crippen molar-refractivity contribution in [1.82, 2.24) is 10.3 Å². The molecule has 23 heavy (non-hydrogen) atoms. The zero-order valence-electron chi connectivity index (χ0n) is 12.8. The molecule has 0 aliphatic carbocycles. The number of nitrogens with one attached hydrogen (secondary N) is 2. The molecule has 0 radical (unpaired) electrons. The number of aromatic nitrogens is 1. The maximum absolute atomic E-state index is 12.3. The number of carbonyl (C=O) groups excluding carboxylic acids is 2. The number of furan rings is 1. The molecule has 0 aromatic carbocycles. The molecule has 124 valence electrons. The molecule has 2 aromatic heterocycles. The van der Waals surface area contributed by atoms with E-state index in [-0.39, 0.29) is 30.0 Å². The summed E-state index contributed by atoms with van der Waals surface area (Å²) in [6, 6.07) is 5.68. The Morgan fingerprint density at radius 1 is 1.26 bits per heavy atom. The van der Waals surface area contributed by atoms with Gasteiger partial charge in [0.2, 0.25) is 5.91 Å². The van der Waals surface area contributed by atoms with Gasteiger partial charge in [-0.2, -0.15) is 0 Å². The maximum Gasteiger partial charge on any atom is 0.287 e. The summed E-state index contributed by atoms with van der Waals surface area (Å²) in [5, 5.41) is 5.36. The molecule has 2 heterocycles. The third-order valence-electron chi connectivity index (χ3n) is 3.03. The van der Waals surface area contributed by atoms with Crippen LogP contribution in [0.15, 0.2) is 41.1 Å². The number of hydrogen-bond donors (Lipinski definition) is 3. The highest BCUT2D eigenvalue weighted by atomic mass is 35.5. The molecule has 0 saturated heterocycles. The van der Waals surface area contributed by atoms with Crippen LogP contribution in [0.25, 0.3) is 0 Å². The predicted octanol–water partition coefficient (Wildman–Crippen LogP) is 2.07. The highest BCUT2D eigenvalue weighted by Crippen LogP contribution is 2.11. The predicted molar refractivity (Wildman–Crippen MR) is 89.3 cm³/mol. The minimum Gasteiger partial charge on any atom is -0.459 e. The molecular formula is C15H19ClN4O3. The summed E-state index contributed by atoms with van der Waals surface area (Å²) in [5.41, 5.74) is 6.01. The Morgan fingerprint density at radius 3 is 2.52 bits per heavy atom. The average Bonchev–Trinajstić information content (AvgIpc) is 3.00. The Hall–Kier alpha value is -2.54. The molecule has 0 saturated carbocycles. The molecule has 2 rings (SSSR count). The van der Waals surface area contributed by atoms with Crippen LogP contribution in [0.1, 0.15) is 24.4 Å². The van der Waals surface area contributed by atoms with Gasteiger partial charge in [0.15, 0.2) is 5.76 Å². The fourth-order valence-electron chi connectivity index (χ4n) is 1.85. The topological polar surface area (TPSA) is 110 Å². The first-order valence-electron chi connectivity index (χ1n) is 6.84. The maximum atomic E-state index is 12.3. The lowest BCUT2D eigenvalue weighted by Gasteiger charge is -2.21. The van der Waals surface area contributed by atoms with Crippen molar-refractivity contribution in [2.45, 2.75) is 19.9 Å². The third kappa shape index (κ3) is 5.00. The van der Waals surface area contributed by atoms with E-state index >= 15 is 0 Å². The Morgan fingerprint density at radius 2 is 2.00 bits per heavy atom. The summed E-state index contributed by atoms with van der Waals surface area (Å²) in [7, 11) is 0. The van der Waals surface area contributed by atoms with Crippen LogP contribution in [0.4, 0.5) is 11.5 Å². The summed E-state index contributed by atoms with van der Waals surface area (Å²) < 4.78 is 5.02. The molecule has 7 nitrogen and oxygen atoms in total. The molecule has 0 aliphatic heterocycles. The lowest BCUT2D eigenvalue weighted by molar-refractivity contribution is -0.118. The zero-order valence-corrected chi connectivity index (χ0v) is 13.6. The van der Waals surface area contributed by atoms with Crippen molar-refractivity contribution < 1.29 is 14.0 Å². The van der Waals surface area contributed by atoms with Crippen LogP contribution in [-0.4, -0.2) is 22.8 Å². The van der Waals surface area contributed by atoms with Crippen molar-refractivity contribution in [1.29, 1.82) is 0 Å². The molecule has 2 aromatic rings. The number of nitrogen functional groups attached to an aromatic ring is 1. The van der Waals surface area contributed by atoms with Gasteiger partial charge in [-0.3, -0.25) is 9.59 Å². The van der Waals surface area contributed by atoms with Gasteiger partial charge < -0.3 is 20.8 Å². The minimum absolute atomic E-state index is 0. The first-order chi connectivity index (χ1) is 10.5. The van der Waals surface area contributed by atoms with Crippen LogP contribution >= 0.6 is 12.4 Å². The molecule has 0 fully saturated rings. The third-order valence-corrected chi connectivity index (χ3v) is 3.03. The number of rotatable bonds is 5. The van der Waals surface area contributed by atoms with Crippen molar-refractivity contribution in [3.05, 3.63) is 42.5 Å². The van der Waals surface area contributed by atoms with Gasteiger partial charge in [0, 0.05) is 0 Å². The van der Waals surface area contributed by atoms with Crippen LogP contribution in [0.2, 0.25) is 0 Å². The lowest BCUT2D eigenvalue weighted by Crippen LogP contribution is -2.47. The number of hydrogen-bond acceptors (Lipinski definition) is 5. The van der Waals surface area contributed by atoms with E-state index in [4.69, 9.17) is 10.2 Å². The number of nitrogens with zero attached hydrogens (tertiary/aromatic N) is 1. The van der Waals surface area contributed by atoms with Gasteiger partial charge in [-0.15, -0.1) is 12.4 Å². The molecule has 8 heteroatoms. The minimum atomic E-state index is -0.699. The smallest absolute Gasteiger partial charge is 0.287 e. The van der Waals surface area contributed by atoms with Crippen molar-refractivity contribution in [3.63, 3.8) is 0 Å². The quantitative estimate of drug-likeness (QED) is 0.773. The van der Waals surface area contributed by atoms with Crippen LogP contribution < -0.4 is 16.4 Å². The largest absolute Gasteiger partial charge is 0.459 e. The van der Waals surface area contributed by atoms with Crippen LogP contribution in [-0.2, 0) is 4.79 Å². The Balaban J connectivity index is 0.00000264. The normalized spacial score (nSPS) is 11.4. The fourth-order valence-corrected chi connectivity index (χ4v) is 1.85. The van der Waals surface area contributed by atoms with Gasteiger partial charge in [0.1, 0.15) is 11.9 Å². The fraction of sp³-hybridized carbons (Fsp3) is 0.267. The SMILES string of the molecule is CC(C)C(NC(=O)c1ccco1)C(=O)Nc1ccc(N)nc1.Cl. The van der Waals surface area contributed by atoms with Gasteiger partial charge >= 0.3 is 0 Å². The molecule has 2 amide bonds. The van der Waals surface area contributed by atoms with Crippen LogP contribution in [0.5, 0.6) is 0 Å². The summed E-state index contributed by atoms with van der Waals surface area (Å²) >= 11 is 0. The molecule has 1 unspecified atom stereocenters. The van der Waals surface area contributed by atoms with Crippen LogP contribution in [0.3, 0.4) is 0 Å². The second-order valence-corrected chi connectivity index (χ2v) is 5.13. The Kier molecular flexibility index (Phi) is 6.59. The second kappa shape index (κ2) is 8.19. The van der Waals surface area contributed by atoms with Crippen molar-refractivity contribution in [3.8, 4) is 0 Å². The standard InChI is InChI=1S/C15H18N4O3.ClH/c1-9(2)13(19-14(20)11-4-3-7-22-11)15(21)18-10-5-6-12(16)17-8-10;/h3-9,13H,1-2H3,(H2,16,17)(H,18,21)(H,19,20);1H. The number of pyridine rings is 1. The van der Waals surface area contributed by atoms with Crippen molar-refractivity contribution >= 4 is 35.7 Å². The molecule has 0 bridgehead atoms. The first kappa shape index (κ1) is 18.5. The number of halogens is 1.